The van der Waals surface area contributed by atoms with E-state index in [4.69, 9.17) is 0 Å². The van der Waals surface area contributed by atoms with Crippen molar-refractivity contribution in [3.8, 4) is 0 Å². The molecule has 1 aromatic heterocycles. The number of aryl methyl sites for hydroxylation is 1. The van der Waals surface area contributed by atoms with Crippen LogP contribution in [0, 0.1) is 0 Å². The van der Waals surface area contributed by atoms with Gasteiger partial charge in [0.05, 0.1) is 5.56 Å². The van der Waals surface area contributed by atoms with Crippen LogP contribution in [-0.2, 0) is 6.42 Å². The lowest BCUT2D eigenvalue weighted by Crippen LogP contribution is -2.25. The number of amides is 1. The van der Waals surface area contributed by atoms with Crippen molar-refractivity contribution >= 4 is 28.2 Å². The Labute approximate surface area is 168 Å². The quantitative estimate of drug-likeness (QED) is 0.596. The van der Waals surface area contributed by atoms with Crippen LogP contribution in [0.1, 0.15) is 59.7 Å². The number of carbonyl (C=O) groups excluding carboxylic acids is 1. The van der Waals surface area contributed by atoms with Crippen molar-refractivity contribution in [1.82, 2.24) is 10.3 Å². The molecule has 152 valence electrons. The molecule has 0 radical (unpaired) electrons. The van der Waals surface area contributed by atoms with Gasteiger partial charge in [0.2, 0.25) is 0 Å². The van der Waals surface area contributed by atoms with E-state index in [1.807, 2.05) is 12.1 Å². The average Bonchev–Trinajstić information content (AvgIpc) is 3.15. The number of benzene rings is 2. The first-order valence-corrected chi connectivity index (χ1v) is 9.96. The largest absolute Gasteiger partial charge is 0.360 e. The maximum absolute atomic E-state index is 13.3. The summed E-state index contributed by atoms with van der Waals surface area (Å²) in [5.41, 5.74) is 5.51. The molecule has 1 aliphatic rings. The van der Waals surface area contributed by atoms with Crippen LogP contribution in [0.3, 0.4) is 0 Å². The molecular formula is C23H25F2N3O. The number of nitrogens with zero attached hydrogens (tertiary/aromatic N) is 1. The predicted molar refractivity (Wildman–Crippen MR) is 113 cm³/mol. The smallest absolute Gasteiger partial charge is 0.263 e. The molecule has 2 aromatic carbocycles. The Morgan fingerprint density at radius 1 is 1.21 bits per heavy atom. The van der Waals surface area contributed by atoms with Gasteiger partial charge in [0.25, 0.3) is 12.3 Å². The summed E-state index contributed by atoms with van der Waals surface area (Å²) in [5.74, 6) is 0.0902. The first-order chi connectivity index (χ1) is 13.9. The Bertz CT molecular complexity index is 1070. The molecular weight excluding hydrogens is 372 g/mol. The van der Waals surface area contributed by atoms with E-state index < -0.39 is 6.43 Å². The number of fused-ring (bicyclic) bond motifs is 2. The molecule has 0 saturated heterocycles. The van der Waals surface area contributed by atoms with E-state index in [-0.39, 0.29) is 17.4 Å². The lowest BCUT2D eigenvalue weighted by molar-refractivity contribution is 0.0964. The van der Waals surface area contributed by atoms with E-state index >= 15 is 0 Å². The molecule has 3 aromatic rings. The summed E-state index contributed by atoms with van der Waals surface area (Å²) in [7, 11) is 1.61. The molecule has 4 rings (SSSR count). The van der Waals surface area contributed by atoms with Gasteiger partial charge in [-0.05, 0) is 48.1 Å². The molecule has 0 atom stereocenters. The summed E-state index contributed by atoms with van der Waals surface area (Å²) < 4.78 is 26.6. The topological polar surface area (TPSA) is 48.1 Å². The first-order valence-electron chi connectivity index (χ1n) is 9.96. The van der Waals surface area contributed by atoms with E-state index in [1.54, 1.807) is 19.3 Å². The van der Waals surface area contributed by atoms with E-state index in [1.165, 1.54) is 6.07 Å². The number of nitrogens with one attached hydrogen (secondary N) is 2. The molecule has 0 bridgehead atoms. The van der Waals surface area contributed by atoms with E-state index in [2.05, 4.69) is 35.1 Å². The zero-order chi connectivity index (χ0) is 20.7. The minimum Gasteiger partial charge on any atom is -0.360 e. The highest BCUT2D eigenvalue weighted by Gasteiger charge is 2.23. The summed E-state index contributed by atoms with van der Waals surface area (Å²) in [5, 5.41) is 3.54. The van der Waals surface area contributed by atoms with Crippen molar-refractivity contribution in [2.24, 2.45) is 0 Å². The molecule has 29 heavy (non-hydrogen) atoms. The van der Waals surface area contributed by atoms with Crippen molar-refractivity contribution in [3.05, 3.63) is 58.8 Å². The Morgan fingerprint density at radius 2 is 2.00 bits per heavy atom. The molecule has 1 aliphatic heterocycles. The highest BCUT2D eigenvalue weighted by molar-refractivity contribution is 6.08. The van der Waals surface area contributed by atoms with Gasteiger partial charge < -0.3 is 15.2 Å². The second-order valence-electron chi connectivity index (χ2n) is 7.84. The monoisotopic (exact) mass is 397 g/mol. The molecule has 0 spiro atoms. The van der Waals surface area contributed by atoms with Crippen LogP contribution in [0.5, 0.6) is 0 Å². The standard InChI is InChI=1S/C23H25F2N3O/c1-13(2)17-10-16(11-18-19(23(29)26-3)12-27-21(17)18)28-8-4-5-14-6-7-15(22(24)25)9-20(14)28/h6-7,9-13,22,27H,4-5,8H2,1-3H3,(H,26,29). The number of aromatic amines is 1. The Kier molecular flexibility index (Phi) is 5.03. The van der Waals surface area contributed by atoms with Crippen molar-refractivity contribution in [1.29, 1.82) is 0 Å². The van der Waals surface area contributed by atoms with Gasteiger partial charge in [-0.2, -0.15) is 0 Å². The summed E-state index contributed by atoms with van der Waals surface area (Å²) in [6, 6.07) is 9.05. The fourth-order valence-electron chi connectivity index (χ4n) is 4.17. The highest BCUT2D eigenvalue weighted by Crippen LogP contribution is 2.39. The van der Waals surface area contributed by atoms with E-state index in [0.29, 0.717) is 5.56 Å². The van der Waals surface area contributed by atoms with Gasteiger partial charge in [0, 0.05) is 47.6 Å². The van der Waals surface area contributed by atoms with Crippen LogP contribution in [0.15, 0.2) is 36.5 Å². The Morgan fingerprint density at radius 3 is 2.69 bits per heavy atom. The number of carbonyl (C=O) groups is 1. The number of anilines is 2. The number of hydrogen-bond acceptors (Lipinski definition) is 2. The van der Waals surface area contributed by atoms with Crippen LogP contribution in [-0.4, -0.2) is 24.5 Å². The van der Waals surface area contributed by atoms with Crippen LogP contribution in [0.4, 0.5) is 20.2 Å². The lowest BCUT2D eigenvalue weighted by atomic mass is 9.95. The molecule has 4 nitrogen and oxygen atoms in total. The van der Waals surface area contributed by atoms with Crippen LogP contribution >= 0.6 is 0 Å². The lowest BCUT2D eigenvalue weighted by Gasteiger charge is -2.32. The molecule has 6 heteroatoms. The number of H-pyrrole nitrogens is 1. The predicted octanol–water partition coefficient (Wildman–Crippen LogP) is 5.67. The van der Waals surface area contributed by atoms with Crippen LogP contribution < -0.4 is 10.2 Å². The number of alkyl halides is 2. The fourth-order valence-corrected chi connectivity index (χ4v) is 4.17. The van der Waals surface area contributed by atoms with Crippen molar-refractivity contribution < 1.29 is 13.6 Å². The second kappa shape index (κ2) is 7.50. The van der Waals surface area contributed by atoms with Crippen molar-refractivity contribution in [3.63, 3.8) is 0 Å². The van der Waals surface area contributed by atoms with Gasteiger partial charge in [0.1, 0.15) is 0 Å². The van der Waals surface area contributed by atoms with Gasteiger partial charge in [-0.25, -0.2) is 8.78 Å². The third-order valence-electron chi connectivity index (χ3n) is 5.69. The minimum absolute atomic E-state index is 0.0357. The van der Waals surface area contributed by atoms with Crippen LogP contribution in [0.2, 0.25) is 0 Å². The van der Waals surface area contributed by atoms with E-state index in [9.17, 15) is 13.6 Å². The van der Waals surface area contributed by atoms with Gasteiger partial charge in [0.15, 0.2) is 0 Å². The number of halogens is 2. The maximum atomic E-state index is 13.3. The summed E-state index contributed by atoms with van der Waals surface area (Å²) in [6.45, 7) is 4.97. The molecule has 0 fully saturated rings. The van der Waals surface area contributed by atoms with E-state index in [0.717, 1.165) is 52.8 Å². The van der Waals surface area contributed by atoms with Gasteiger partial charge in [-0.1, -0.05) is 26.0 Å². The normalized spacial score (nSPS) is 14.0. The summed E-state index contributed by atoms with van der Waals surface area (Å²) in [4.78, 5) is 17.7. The third-order valence-corrected chi connectivity index (χ3v) is 5.69. The highest BCUT2D eigenvalue weighted by atomic mass is 19.3. The molecule has 2 N–H and O–H groups in total. The average molecular weight is 397 g/mol. The van der Waals surface area contributed by atoms with Crippen molar-refractivity contribution in [2.75, 3.05) is 18.5 Å². The van der Waals surface area contributed by atoms with Gasteiger partial charge in [-0.15, -0.1) is 0 Å². The summed E-state index contributed by atoms with van der Waals surface area (Å²) >= 11 is 0. The Balaban J connectivity index is 1.91. The van der Waals surface area contributed by atoms with Crippen molar-refractivity contribution in [2.45, 2.75) is 39.0 Å². The zero-order valence-electron chi connectivity index (χ0n) is 16.9. The van der Waals surface area contributed by atoms with Crippen LogP contribution in [0.25, 0.3) is 10.9 Å². The number of rotatable bonds is 4. The molecule has 0 aliphatic carbocycles. The zero-order valence-corrected chi connectivity index (χ0v) is 16.9. The molecule has 0 unspecified atom stereocenters. The van der Waals surface area contributed by atoms with Gasteiger partial charge >= 0.3 is 0 Å². The SMILES string of the molecule is CNC(=O)c1c[nH]c2c(C(C)C)cc(N3CCCc4ccc(C(F)F)cc43)cc12. The summed E-state index contributed by atoms with van der Waals surface area (Å²) in [6.07, 6.45) is 1.06. The third kappa shape index (κ3) is 3.37. The second-order valence-corrected chi connectivity index (χ2v) is 7.84. The minimum atomic E-state index is -2.50. The molecule has 0 saturated carbocycles. The molecule has 2 heterocycles. The number of hydrogen-bond donors (Lipinski definition) is 2. The first kappa shape index (κ1) is 19.4. The maximum Gasteiger partial charge on any atom is 0.263 e. The van der Waals surface area contributed by atoms with Gasteiger partial charge in [-0.3, -0.25) is 4.79 Å². The fraction of sp³-hybridized carbons (Fsp3) is 0.348. The Hall–Kier alpha value is -2.89. The molecule has 1 amide bonds. The number of aromatic nitrogens is 1.